The predicted molar refractivity (Wildman–Crippen MR) is 59.0 cm³/mol. The Bertz CT molecular complexity index is 343. The molecule has 0 aromatic carbocycles. The molecule has 1 aromatic heterocycles. The van der Waals surface area contributed by atoms with Crippen LogP contribution in [0.1, 0.15) is 44.9 Å². The largest absolute Gasteiger partial charge is 0.344 e. The van der Waals surface area contributed by atoms with E-state index < -0.39 is 0 Å². The van der Waals surface area contributed by atoms with Crippen LogP contribution in [-0.2, 0) is 0 Å². The van der Waals surface area contributed by atoms with E-state index in [1.165, 1.54) is 12.8 Å². The van der Waals surface area contributed by atoms with E-state index in [-0.39, 0.29) is 0 Å². The molecule has 15 heavy (non-hydrogen) atoms. The zero-order chi connectivity index (χ0) is 11.1. The lowest BCUT2D eigenvalue weighted by atomic mass is 9.90. The molecule has 1 atom stereocenters. The van der Waals surface area contributed by atoms with Gasteiger partial charge in [-0.25, -0.2) is 0 Å². The van der Waals surface area contributed by atoms with Crippen LogP contribution in [0.3, 0.4) is 0 Å². The minimum atomic E-state index is 0.428. The van der Waals surface area contributed by atoms with Crippen LogP contribution in [-0.4, -0.2) is 24.2 Å². The lowest BCUT2D eigenvalue weighted by Gasteiger charge is -2.15. The van der Waals surface area contributed by atoms with Gasteiger partial charge < -0.3 is 9.42 Å². The average molecular weight is 209 g/mol. The third-order valence-electron chi connectivity index (χ3n) is 3.15. The fourth-order valence-electron chi connectivity index (χ4n) is 2.22. The Kier molecular flexibility index (Phi) is 2.44. The summed E-state index contributed by atoms with van der Waals surface area (Å²) in [6, 6.07) is 0. The van der Waals surface area contributed by atoms with E-state index in [1.807, 2.05) is 19.0 Å². The quantitative estimate of drug-likeness (QED) is 0.750. The first kappa shape index (κ1) is 10.5. The standard InChI is InChI=1S/C11H19N3O/c1-11(2)6-5-8(7-11)9-12-10(13-15-9)14(3)4/h8H,5-7H2,1-4H3. The van der Waals surface area contributed by atoms with Gasteiger partial charge in [-0.3, -0.25) is 0 Å². The van der Waals surface area contributed by atoms with Crippen molar-refractivity contribution in [3.8, 4) is 0 Å². The molecule has 1 aromatic rings. The summed E-state index contributed by atoms with van der Waals surface area (Å²) in [7, 11) is 3.85. The summed E-state index contributed by atoms with van der Waals surface area (Å²) in [6.07, 6.45) is 3.57. The summed E-state index contributed by atoms with van der Waals surface area (Å²) in [6.45, 7) is 4.60. The maximum atomic E-state index is 5.30. The molecule has 0 radical (unpaired) electrons. The summed E-state index contributed by atoms with van der Waals surface area (Å²) in [5.41, 5.74) is 0.428. The highest BCUT2D eigenvalue weighted by atomic mass is 16.5. The Labute approximate surface area is 90.7 Å². The summed E-state index contributed by atoms with van der Waals surface area (Å²) < 4.78 is 5.30. The second-order valence-corrected chi connectivity index (χ2v) is 5.43. The Balaban J connectivity index is 2.11. The lowest BCUT2D eigenvalue weighted by molar-refractivity contribution is 0.331. The Morgan fingerprint density at radius 1 is 1.40 bits per heavy atom. The van der Waals surface area contributed by atoms with Gasteiger partial charge in [-0.05, 0) is 29.8 Å². The zero-order valence-electron chi connectivity index (χ0n) is 9.95. The monoisotopic (exact) mass is 209 g/mol. The van der Waals surface area contributed by atoms with Crippen LogP contribution >= 0.6 is 0 Å². The van der Waals surface area contributed by atoms with Crippen molar-refractivity contribution in [3.05, 3.63) is 5.89 Å². The molecule has 84 valence electrons. The van der Waals surface area contributed by atoms with Gasteiger partial charge in [0.15, 0.2) is 0 Å². The van der Waals surface area contributed by atoms with Gasteiger partial charge in [-0.15, -0.1) is 0 Å². The van der Waals surface area contributed by atoms with E-state index in [9.17, 15) is 0 Å². The van der Waals surface area contributed by atoms with Crippen molar-refractivity contribution < 1.29 is 4.52 Å². The molecule has 1 aliphatic carbocycles. The van der Waals surface area contributed by atoms with Crippen LogP contribution < -0.4 is 4.90 Å². The molecule has 1 heterocycles. The highest BCUT2D eigenvalue weighted by molar-refractivity contribution is 5.24. The number of hydrogen-bond acceptors (Lipinski definition) is 4. The van der Waals surface area contributed by atoms with Gasteiger partial charge in [0.25, 0.3) is 5.95 Å². The first-order valence-electron chi connectivity index (χ1n) is 5.49. The van der Waals surface area contributed by atoms with Gasteiger partial charge in [-0.1, -0.05) is 13.8 Å². The molecular weight excluding hydrogens is 190 g/mol. The van der Waals surface area contributed by atoms with E-state index in [4.69, 9.17) is 4.52 Å². The fraction of sp³-hybridized carbons (Fsp3) is 0.818. The Morgan fingerprint density at radius 2 is 2.13 bits per heavy atom. The summed E-state index contributed by atoms with van der Waals surface area (Å²) >= 11 is 0. The van der Waals surface area contributed by atoms with Crippen molar-refractivity contribution in [1.29, 1.82) is 0 Å². The highest BCUT2D eigenvalue weighted by Crippen LogP contribution is 2.45. The van der Waals surface area contributed by atoms with Crippen molar-refractivity contribution in [3.63, 3.8) is 0 Å². The molecule has 1 aliphatic rings. The number of hydrogen-bond donors (Lipinski definition) is 0. The fourth-order valence-corrected chi connectivity index (χ4v) is 2.22. The number of rotatable bonds is 2. The number of nitrogens with zero attached hydrogens (tertiary/aromatic N) is 3. The Hall–Kier alpha value is -1.06. The highest BCUT2D eigenvalue weighted by Gasteiger charge is 2.34. The van der Waals surface area contributed by atoms with Crippen LogP contribution in [0.25, 0.3) is 0 Å². The van der Waals surface area contributed by atoms with E-state index in [2.05, 4.69) is 24.0 Å². The predicted octanol–water partition coefficient (Wildman–Crippen LogP) is 2.43. The van der Waals surface area contributed by atoms with Crippen molar-refractivity contribution in [1.82, 2.24) is 10.1 Å². The maximum Gasteiger partial charge on any atom is 0.265 e. The van der Waals surface area contributed by atoms with Crippen LogP contribution in [0.15, 0.2) is 4.52 Å². The van der Waals surface area contributed by atoms with E-state index in [0.717, 1.165) is 12.3 Å². The minimum absolute atomic E-state index is 0.428. The van der Waals surface area contributed by atoms with E-state index >= 15 is 0 Å². The first-order valence-corrected chi connectivity index (χ1v) is 5.49. The second-order valence-electron chi connectivity index (χ2n) is 5.43. The SMILES string of the molecule is CN(C)c1noc(C2CCC(C)(C)C2)n1. The normalized spacial score (nSPS) is 24.4. The number of aromatic nitrogens is 2. The van der Waals surface area contributed by atoms with Crippen molar-refractivity contribution in [2.75, 3.05) is 19.0 Å². The lowest BCUT2D eigenvalue weighted by Crippen LogP contribution is -2.10. The molecule has 4 nitrogen and oxygen atoms in total. The third-order valence-corrected chi connectivity index (χ3v) is 3.15. The van der Waals surface area contributed by atoms with Gasteiger partial charge in [-0.2, -0.15) is 4.98 Å². The van der Waals surface area contributed by atoms with Crippen LogP contribution in [0.2, 0.25) is 0 Å². The zero-order valence-corrected chi connectivity index (χ0v) is 9.95. The van der Waals surface area contributed by atoms with E-state index in [1.54, 1.807) is 0 Å². The van der Waals surface area contributed by atoms with Gasteiger partial charge in [0, 0.05) is 20.0 Å². The molecule has 0 N–H and O–H groups in total. The van der Waals surface area contributed by atoms with Gasteiger partial charge in [0.05, 0.1) is 0 Å². The van der Waals surface area contributed by atoms with E-state index in [0.29, 0.717) is 17.3 Å². The molecule has 1 fully saturated rings. The molecule has 1 saturated carbocycles. The van der Waals surface area contributed by atoms with Crippen LogP contribution in [0, 0.1) is 5.41 Å². The van der Waals surface area contributed by atoms with Crippen LogP contribution in [0.4, 0.5) is 5.95 Å². The molecule has 0 saturated heterocycles. The molecule has 1 unspecified atom stereocenters. The first-order chi connectivity index (χ1) is 6.98. The minimum Gasteiger partial charge on any atom is -0.344 e. The summed E-state index contributed by atoms with van der Waals surface area (Å²) in [4.78, 5) is 6.27. The van der Waals surface area contributed by atoms with Crippen molar-refractivity contribution in [2.24, 2.45) is 5.41 Å². The molecule has 0 aliphatic heterocycles. The number of anilines is 1. The van der Waals surface area contributed by atoms with Crippen molar-refractivity contribution >= 4 is 5.95 Å². The molecule has 0 amide bonds. The van der Waals surface area contributed by atoms with Gasteiger partial charge >= 0.3 is 0 Å². The molecule has 0 spiro atoms. The third kappa shape index (κ3) is 2.13. The summed E-state index contributed by atoms with van der Waals surface area (Å²) in [5.74, 6) is 1.94. The van der Waals surface area contributed by atoms with Crippen molar-refractivity contribution in [2.45, 2.75) is 39.0 Å². The average Bonchev–Trinajstić information content (AvgIpc) is 2.70. The van der Waals surface area contributed by atoms with Gasteiger partial charge in [0.1, 0.15) is 0 Å². The topological polar surface area (TPSA) is 42.2 Å². The maximum absolute atomic E-state index is 5.30. The molecule has 2 rings (SSSR count). The molecule has 0 bridgehead atoms. The summed E-state index contributed by atoms with van der Waals surface area (Å²) in [5, 5.41) is 3.95. The Morgan fingerprint density at radius 3 is 2.60 bits per heavy atom. The molecule has 4 heteroatoms. The molecular formula is C11H19N3O. The second kappa shape index (κ2) is 3.51. The van der Waals surface area contributed by atoms with Crippen LogP contribution in [0.5, 0.6) is 0 Å². The van der Waals surface area contributed by atoms with Gasteiger partial charge in [0.2, 0.25) is 5.89 Å². The smallest absolute Gasteiger partial charge is 0.265 e.